The summed E-state index contributed by atoms with van der Waals surface area (Å²) < 4.78 is 28.1. The third kappa shape index (κ3) is 4.64. The standard InChI is InChI=1S/C9H13F2N3O/c1-6-4-8(12)14-9(13-6)2-3-15-5-7(10)11/h4,7H,2-3,5H2,1H3,(H2,12,13,14). The molecule has 1 aromatic heterocycles. The average Bonchev–Trinajstić information content (AvgIpc) is 2.10. The van der Waals surface area contributed by atoms with Crippen LogP contribution in [-0.2, 0) is 11.2 Å². The van der Waals surface area contributed by atoms with Gasteiger partial charge in [-0.15, -0.1) is 0 Å². The smallest absolute Gasteiger partial charge is 0.261 e. The van der Waals surface area contributed by atoms with Crippen LogP contribution in [0.25, 0.3) is 0 Å². The van der Waals surface area contributed by atoms with Crippen molar-refractivity contribution in [1.82, 2.24) is 9.97 Å². The summed E-state index contributed by atoms with van der Waals surface area (Å²) in [5.41, 5.74) is 6.26. The first-order valence-corrected chi connectivity index (χ1v) is 4.54. The number of rotatable bonds is 5. The van der Waals surface area contributed by atoms with E-state index in [0.717, 1.165) is 5.69 Å². The summed E-state index contributed by atoms with van der Waals surface area (Å²) in [4.78, 5) is 8.04. The van der Waals surface area contributed by atoms with Crippen LogP contribution >= 0.6 is 0 Å². The van der Waals surface area contributed by atoms with Gasteiger partial charge in [0.05, 0.1) is 6.61 Å². The molecule has 0 fully saturated rings. The molecular weight excluding hydrogens is 204 g/mol. The minimum atomic E-state index is -2.44. The van der Waals surface area contributed by atoms with Crippen molar-refractivity contribution >= 4 is 5.82 Å². The normalized spacial score (nSPS) is 10.9. The van der Waals surface area contributed by atoms with Crippen LogP contribution in [0.3, 0.4) is 0 Å². The zero-order valence-electron chi connectivity index (χ0n) is 8.41. The topological polar surface area (TPSA) is 61.0 Å². The summed E-state index contributed by atoms with van der Waals surface area (Å²) >= 11 is 0. The van der Waals surface area contributed by atoms with Crippen LogP contribution in [0.5, 0.6) is 0 Å². The predicted molar refractivity (Wildman–Crippen MR) is 51.7 cm³/mol. The molecule has 0 bridgehead atoms. The number of halogens is 2. The predicted octanol–water partition coefficient (Wildman–Crippen LogP) is 1.19. The fraction of sp³-hybridized carbons (Fsp3) is 0.556. The molecule has 0 saturated heterocycles. The van der Waals surface area contributed by atoms with Crippen molar-refractivity contribution in [1.29, 1.82) is 0 Å². The van der Waals surface area contributed by atoms with E-state index in [4.69, 9.17) is 10.5 Å². The number of alkyl halides is 2. The highest BCUT2D eigenvalue weighted by Crippen LogP contribution is 2.02. The Balaban J connectivity index is 2.37. The largest absolute Gasteiger partial charge is 0.384 e. The fourth-order valence-electron chi connectivity index (χ4n) is 1.10. The van der Waals surface area contributed by atoms with Crippen LogP contribution in [0.1, 0.15) is 11.5 Å². The highest BCUT2D eigenvalue weighted by Gasteiger charge is 2.03. The van der Waals surface area contributed by atoms with Crippen LogP contribution in [0.2, 0.25) is 0 Å². The third-order valence-corrected chi connectivity index (χ3v) is 1.63. The lowest BCUT2D eigenvalue weighted by Crippen LogP contribution is -2.09. The molecule has 0 radical (unpaired) electrons. The van der Waals surface area contributed by atoms with Crippen molar-refractivity contribution in [2.75, 3.05) is 18.9 Å². The van der Waals surface area contributed by atoms with E-state index in [1.807, 2.05) is 0 Å². The quantitative estimate of drug-likeness (QED) is 0.752. The lowest BCUT2D eigenvalue weighted by atomic mass is 10.3. The molecule has 0 spiro atoms. The van der Waals surface area contributed by atoms with E-state index in [-0.39, 0.29) is 6.61 Å². The van der Waals surface area contributed by atoms with Crippen LogP contribution in [-0.4, -0.2) is 29.6 Å². The summed E-state index contributed by atoms with van der Waals surface area (Å²) in [6, 6.07) is 1.64. The molecule has 0 unspecified atom stereocenters. The first kappa shape index (κ1) is 11.8. The summed E-state index contributed by atoms with van der Waals surface area (Å²) in [7, 11) is 0. The van der Waals surface area contributed by atoms with Crippen LogP contribution in [0.4, 0.5) is 14.6 Å². The molecule has 2 N–H and O–H groups in total. The van der Waals surface area contributed by atoms with E-state index >= 15 is 0 Å². The highest BCUT2D eigenvalue weighted by atomic mass is 19.3. The van der Waals surface area contributed by atoms with Gasteiger partial charge in [0.25, 0.3) is 6.43 Å². The van der Waals surface area contributed by atoms with Crippen molar-refractivity contribution in [2.45, 2.75) is 19.8 Å². The number of nitrogens with zero attached hydrogens (tertiary/aromatic N) is 2. The Kier molecular flexibility index (Phi) is 4.36. The van der Waals surface area contributed by atoms with Gasteiger partial charge in [-0.05, 0) is 6.92 Å². The minimum Gasteiger partial charge on any atom is -0.384 e. The lowest BCUT2D eigenvalue weighted by molar-refractivity contribution is 0.0183. The molecule has 0 atom stereocenters. The molecule has 0 aromatic carbocycles. The van der Waals surface area contributed by atoms with Gasteiger partial charge in [0.1, 0.15) is 18.2 Å². The van der Waals surface area contributed by atoms with E-state index in [9.17, 15) is 8.78 Å². The Hall–Kier alpha value is -1.30. The Morgan fingerprint density at radius 3 is 2.80 bits per heavy atom. The van der Waals surface area contributed by atoms with Gasteiger partial charge in [0.15, 0.2) is 0 Å². The summed E-state index contributed by atoms with van der Waals surface area (Å²) in [5, 5.41) is 0. The maximum absolute atomic E-state index is 11.7. The van der Waals surface area contributed by atoms with Crippen LogP contribution < -0.4 is 5.73 Å². The van der Waals surface area contributed by atoms with Crippen LogP contribution in [0, 0.1) is 6.92 Å². The first-order chi connectivity index (χ1) is 7.08. The van der Waals surface area contributed by atoms with Crippen molar-refractivity contribution in [2.24, 2.45) is 0 Å². The SMILES string of the molecule is Cc1cc(N)nc(CCOCC(F)F)n1. The zero-order chi connectivity index (χ0) is 11.3. The Morgan fingerprint density at radius 1 is 1.47 bits per heavy atom. The first-order valence-electron chi connectivity index (χ1n) is 4.54. The molecule has 0 aliphatic carbocycles. The molecule has 0 amide bonds. The average molecular weight is 217 g/mol. The van der Waals surface area contributed by atoms with Crippen molar-refractivity contribution in [3.8, 4) is 0 Å². The third-order valence-electron chi connectivity index (χ3n) is 1.63. The second-order valence-electron chi connectivity index (χ2n) is 3.07. The molecule has 1 rings (SSSR count). The number of nitrogens with two attached hydrogens (primary N) is 1. The van der Waals surface area contributed by atoms with Gasteiger partial charge in [-0.1, -0.05) is 0 Å². The van der Waals surface area contributed by atoms with Crippen LogP contribution in [0.15, 0.2) is 6.07 Å². The number of nitrogen functional groups attached to an aromatic ring is 1. The Bertz CT molecular complexity index is 300. The molecule has 1 heterocycles. The molecule has 0 aliphatic rings. The number of aryl methyl sites for hydroxylation is 1. The van der Waals surface area contributed by atoms with Gasteiger partial charge in [-0.25, -0.2) is 18.7 Å². The number of hydrogen-bond donors (Lipinski definition) is 1. The highest BCUT2D eigenvalue weighted by molar-refractivity contribution is 5.29. The Labute approximate surface area is 86.5 Å². The number of anilines is 1. The minimum absolute atomic E-state index is 0.174. The second kappa shape index (κ2) is 5.55. The van der Waals surface area contributed by atoms with E-state index in [1.165, 1.54) is 0 Å². The van der Waals surface area contributed by atoms with E-state index in [0.29, 0.717) is 18.1 Å². The summed E-state index contributed by atoms with van der Waals surface area (Å²) in [6.45, 7) is 1.41. The number of aromatic nitrogens is 2. The Morgan fingerprint density at radius 2 is 2.20 bits per heavy atom. The van der Waals surface area contributed by atoms with E-state index in [1.54, 1.807) is 13.0 Å². The molecular formula is C9H13F2N3O. The molecule has 0 aliphatic heterocycles. The van der Waals surface area contributed by atoms with Crippen molar-refractivity contribution in [3.05, 3.63) is 17.6 Å². The van der Waals surface area contributed by atoms with Crippen molar-refractivity contribution < 1.29 is 13.5 Å². The zero-order valence-corrected chi connectivity index (χ0v) is 8.41. The molecule has 0 saturated carbocycles. The monoisotopic (exact) mass is 217 g/mol. The maximum atomic E-state index is 11.7. The molecule has 4 nitrogen and oxygen atoms in total. The van der Waals surface area contributed by atoms with Crippen molar-refractivity contribution in [3.63, 3.8) is 0 Å². The number of hydrogen-bond acceptors (Lipinski definition) is 4. The molecule has 15 heavy (non-hydrogen) atoms. The van der Waals surface area contributed by atoms with Gasteiger partial charge in [0.2, 0.25) is 0 Å². The summed E-state index contributed by atoms with van der Waals surface area (Å²) in [5.74, 6) is 0.896. The van der Waals surface area contributed by atoms with Gasteiger partial charge in [-0.2, -0.15) is 0 Å². The molecule has 6 heteroatoms. The maximum Gasteiger partial charge on any atom is 0.261 e. The van der Waals surface area contributed by atoms with Gasteiger partial charge >= 0.3 is 0 Å². The van der Waals surface area contributed by atoms with E-state index in [2.05, 4.69) is 9.97 Å². The van der Waals surface area contributed by atoms with Gasteiger partial charge in [-0.3, -0.25) is 0 Å². The molecule has 1 aromatic rings. The number of ether oxygens (including phenoxy) is 1. The molecule has 84 valence electrons. The summed E-state index contributed by atoms with van der Waals surface area (Å²) in [6.07, 6.45) is -2.05. The van der Waals surface area contributed by atoms with E-state index < -0.39 is 13.0 Å². The second-order valence-corrected chi connectivity index (χ2v) is 3.07. The van der Waals surface area contributed by atoms with Gasteiger partial charge in [0, 0.05) is 18.2 Å². The fourth-order valence-corrected chi connectivity index (χ4v) is 1.10. The lowest BCUT2D eigenvalue weighted by Gasteiger charge is -2.04. The van der Waals surface area contributed by atoms with Gasteiger partial charge < -0.3 is 10.5 Å².